The SMILES string of the molecule is S=C(Nc1ccc(Cl)cc1)N1CCC(Oc2ccccn2)CC1. The van der Waals surface area contributed by atoms with Crippen molar-refractivity contribution in [2.24, 2.45) is 0 Å². The molecular weight excluding hydrogens is 330 g/mol. The molecule has 2 heterocycles. The minimum Gasteiger partial charge on any atom is -0.474 e. The van der Waals surface area contributed by atoms with Crippen molar-refractivity contribution in [1.29, 1.82) is 0 Å². The number of rotatable bonds is 3. The minimum absolute atomic E-state index is 0.194. The molecule has 1 aromatic heterocycles. The summed E-state index contributed by atoms with van der Waals surface area (Å²) in [5.74, 6) is 0.688. The summed E-state index contributed by atoms with van der Waals surface area (Å²) in [6, 6.07) is 13.2. The molecule has 0 aliphatic carbocycles. The Balaban J connectivity index is 1.48. The molecule has 23 heavy (non-hydrogen) atoms. The number of piperidine rings is 1. The molecule has 1 N–H and O–H groups in total. The van der Waals surface area contributed by atoms with Gasteiger partial charge >= 0.3 is 0 Å². The van der Waals surface area contributed by atoms with Gasteiger partial charge in [-0.15, -0.1) is 0 Å². The molecule has 1 aromatic carbocycles. The van der Waals surface area contributed by atoms with Crippen molar-refractivity contribution in [2.75, 3.05) is 18.4 Å². The number of hydrogen-bond donors (Lipinski definition) is 1. The first-order chi connectivity index (χ1) is 11.2. The summed E-state index contributed by atoms with van der Waals surface area (Å²) < 4.78 is 5.90. The number of likely N-dealkylation sites (tertiary alicyclic amines) is 1. The predicted molar refractivity (Wildman–Crippen MR) is 97.1 cm³/mol. The van der Waals surface area contributed by atoms with Crippen molar-refractivity contribution in [2.45, 2.75) is 18.9 Å². The van der Waals surface area contributed by atoms with Gasteiger partial charge in [0.05, 0.1) is 0 Å². The maximum atomic E-state index is 5.90. The summed E-state index contributed by atoms with van der Waals surface area (Å²) in [5.41, 5.74) is 0.950. The molecule has 0 spiro atoms. The number of aromatic nitrogens is 1. The number of ether oxygens (including phenoxy) is 1. The van der Waals surface area contributed by atoms with Crippen LogP contribution in [0.15, 0.2) is 48.7 Å². The van der Waals surface area contributed by atoms with Crippen LogP contribution < -0.4 is 10.1 Å². The van der Waals surface area contributed by atoms with Gasteiger partial charge in [-0.2, -0.15) is 0 Å². The Morgan fingerprint density at radius 2 is 1.91 bits per heavy atom. The van der Waals surface area contributed by atoms with Gasteiger partial charge in [-0.25, -0.2) is 4.98 Å². The highest BCUT2D eigenvalue weighted by molar-refractivity contribution is 7.80. The molecule has 0 bridgehead atoms. The first-order valence-corrected chi connectivity index (χ1v) is 8.38. The molecule has 0 atom stereocenters. The van der Waals surface area contributed by atoms with Crippen LogP contribution in [0.1, 0.15) is 12.8 Å². The normalized spacial score (nSPS) is 15.3. The number of benzene rings is 1. The van der Waals surface area contributed by atoms with Gasteiger partial charge in [-0.1, -0.05) is 17.7 Å². The maximum Gasteiger partial charge on any atom is 0.213 e. The molecule has 3 rings (SSSR count). The number of pyridine rings is 1. The standard InChI is InChI=1S/C17H18ClN3OS/c18-13-4-6-14(7-5-13)20-17(23)21-11-8-15(9-12-21)22-16-3-1-2-10-19-16/h1-7,10,15H,8-9,11-12H2,(H,20,23). The molecule has 4 nitrogen and oxygen atoms in total. The Hall–Kier alpha value is -1.85. The van der Waals surface area contributed by atoms with Crippen LogP contribution in [-0.2, 0) is 0 Å². The average Bonchev–Trinajstić information content (AvgIpc) is 2.58. The minimum atomic E-state index is 0.194. The van der Waals surface area contributed by atoms with E-state index in [0.29, 0.717) is 10.9 Å². The van der Waals surface area contributed by atoms with Crippen molar-refractivity contribution >= 4 is 34.6 Å². The summed E-state index contributed by atoms with van der Waals surface area (Å²) in [5, 5.41) is 4.71. The Morgan fingerprint density at radius 3 is 2.57 bits per heavy atom. The van der Waals surface area contributed by atoms with E-state index >= 15 is 0 Å². The maximum absolute atomic E-state index is 5.90. The van der Waals surface area contributed by atoms with Gasteiger partial charge in [-0.05, 0) is 42.5 Å². The van der Waals surface area contributed by atoms with E-state index in [0.717, 1.165) is 36.7 Å². The van der Waals surface area contributed by atoms with E-state index in [2.05, 4.69) is 15.2 Å². The van der Waals surface area contributed by atoms with Crippen LogP contribution in [0, 0.1) is 0 Å². The van der Waals surface area contributed by atoms with Gasteiger partial charge in [0.2, 0.25) is 5.88 Å². The molecule has 1 aliphatic rings. The monoisotopic (exact) mass is 347 g/mol. The van der Waals surface area contributed by atoms with Crippen LogP contribution in [0.5, 0.6) is 5.88 Å². The van der Waals surface area contributed by atoms with Gasteiger partial charge < -0.3 is 15.0 Å². The highest BCUT2D eigenvalue weighted by Crippen LogP contribution is 2.19. The van der Waals surface area contributed by atoms with Gasteiger partial charge in [0.15, 0.2) is 5.11 Å². The third kappa shape index (κ3) is 4.56. The molecule has 1 saturated heterocycles. The molecule has 6 heteroatoms. The quantitative estimate of drug-likeness (QED) is 0.850. The number of nitrogens with one attached hydrogen (secondary N) is 1. The first-order valence-electron chi connectivity index (χ1n) is 7.60. The van der Waals surface area contributed by atoms with Crippen molar-refractivity contribution < 1.29 is 4.74 Å². The van der Waals surface area contributed by atoms with Crippen LogP contribution >= 0.6 is 23.8 Å². The topological polar surface area (TPSA) is 37.4 Å². The lowest BCUT2D eigenvalue weighted by Gasteiger charge is -2.33. The fraction of sp³-hybridized carbons (Fsp3) is 0.294. The molecule has 0 radical (unpaired) electrons. The van der Waals surface area contributed by atoms with Crippen molar-refractivity contribution in [1.82, 2.24) is 9.88 Å². The smallest absolute Gasteiger partial charge is 0.213 e. The third-order valence-corrected chi connectivity index (χ3v) is 4.36. The van der Waals surface area contributed by atoms with Crippen LogP contribution in [0.3, 0.4) is 0 Å². The van der Waals surface area contributed by atoms with Crippen LogP contribution in [0.25, 0.3) is 0 Å². The van der Waals surface area contributed by atoms with Gasteiger partial charge in [0, 0.05) is 48.9 Å². The Labute approximate surface area is 146 Å². The molecule has 0 unspecified atom stereocenters. The van der Waals surface area contributed by atoms with Crippen molar-refractivity contribution in [3.63, 3.8) is 0 Å². The molecule has 120 valence electrons. The van der Waals surface area contributed by atoms with Crippen LogP contribution in [0.2, 0.25) is 5.02 Å². The van der Waals surface area contributed by atoms with E-state index in [9.17, 15) is 0 Å². The lowest BCUT2D eigenvalue weighted by atomic mass is 10.1. The highest BCUT2D eigenvalue weighted by Gasteiger charge is 2.22. The summed E-state index contributed by atoms with van der Waals surface area (Å²) in [7, 11) is 0. The van der Waals surface area contributed by atoms with Gasteiger partial charge in [-0.3, -0.25) is 0 Å². The molecule has 0 saturated carbocycles. The molecule has 0 amide bonds. The number of anilines is 1. The van der Waals surface area contributed by atoms with Crippen molar-refractivity contribution in [3.05, 3.63) is 53.7 Å². The Bertz CT molecular complexity index is 643. The second-order valence-corrected chi connectivity index (χ2v) is 6.23. The van der Waals surface area contributed by atoms with E-state index in [4.69, 9.17) is 28.6 Å². The zero-order valence-corrected chi connectivity index (χ0v) is 14.2. The van der Waals surface area contributed by atoms with Gasteiger partial charge in [0.1, 0.15) is 6.10 Å². The Kier molecular flexibility index (Phi) is 5.31. The fourth-order valence-electron chi connectivity index (χ4n) is 2.50. The van der Waals surface area contributed by atoms with E-state index in [1.54, 1.807) is 6.20 Å². The fourth-order valence-corrected chi connectivity index (χ4v) is 2.93. The predicted octanol–water partition coefficient (Wildman–Crippen LogP) is 3.98. The average molecular weight is 348 g/mol. The van der Waals surface area contributed by atoms with E-state index in [1.807, 2.05) is 42.5 Å². The van der Waals surface area contributed by atoms with E-state index in [1.165, 1.54) is 0 Å². The summed E-state index contributed by atoms with van der Waals surface area (Å²) in [4.78, 5) is 6.37. The molecule has 1 aliphatic heterocycles. The summed E-state index contributed by atoms with van der Waals surface area (Å²) >= 11 is 11.4. The van der Waals surface area contributed by atoms with Gasteiger partial charge in [0.25, 0.3) is 0 Å². The zero-order chi connectivity index (χ0) is 16.1. The first kappa shape index (κ1) is 16.0. The lowest BCUT2D eigenvalue weighted by molar-refractivity contribution is 0.127. The van der Waals surface area contributed by atoms with Crippen LogP contribution in [-0.4, -0.2) is 34.2 Å². The second kappa shape index (κ2) is 7.62. The summed E-state index contributed by atoms with van der Waals surface area (Å²) in [6.07, 6.45) is 3.80. The highest BCUT2D eigenvalue weighted by atomic mass is 35.5. The van der Waals surface area contributed by atoms with Crippen LogP contribution in [0.4, 0.5) is 5.69 Å². The number of hydrogen-bond acceptors (Lipinski definition) is 3. The zero-order valence-electron chi connectivity index (χ0n) is 12.6. The summed E-state index contributed by atoms with van der Waals surface area (Å²) in [6.45, 7) is 1.74. The molecule has 2 aromatic rings. The van der Waals surface area contributed by atoms with Crippen molar-refractivity contribution in [3.8, 4) is 5.88 Å². The number of thiocarbonyl (C=S) groups is 1. The number of halogens is 1. The molecule has 1 fully saturated rings. The third-order valence-electron chi connectivity index (χ3n) is 3.75. The second-order valence-electron chi connectivity index (χ2n) is 5.41. The lowest BCUT2D eigenvalue weighted by Crippen LogP contribution is -2.43. The molecular formula is C17H18ClN3OS. The Morgan fingerprint density at radius 1 is 1.17 bits per heavy atom. The largest absolute Gasteiger partial charge is 0.474 e. The van der Waals surface area contributed by atoms with E-state index < -0.39 is 0 Å². The number of nitrogens with zero attached hydrogens (tertiary/aromatic N) is 2. The van der Waals surface area contributed by atoms with E-state index in [-0.39, 0.29) is 6.10 Å².